The van der Waals surface area contributed by atoms with Crippen molar-refractivity contribution < 1.29 is 8.83 Å². The first kappa shape index (κ1) is 46.0. The van der Waals surface area contributed by atoms with Crippen LogP contribution in [0.25, 0.3) is 134 Å². The van der Waals surface area contributed by atoms with E-state index in [1.807, 2.05) is 48.8 Å². The van der Waals surface area contributed by atoms with Crippen LogP contribution in [0.2, 0.25) is 0 Å². The molecule has 0 fully saturated rings. The molecule has 6 aromatic heterocycles. The molecule has 8 nitrogen and oxygen atoms in total. The van der Waals surface area contributed by atoms with Crippen molar-refractivity contribution in [3.8, 4) is 90.1 Å². The molecule has 2 bridgehead atoms. The number of nitrogens with zero attached hydrogens (tertiary/aromatic N) is 6. The van der Waals surface area contributed by atoms with Gasteiger partial charge in [0.15, 0.2) is 11.6 Å². The zero-order valence-corrected chi connectivity index (χ0v) is 43.9. The molecule has 0 saturated carbocycles. The number of hydrogen-bond donors (Lipinski definition) is 0. The second-order valence-corrected chi connectivity index (χ2v) is 21.4. The largest absolute Gasteiger partial charge is 0.456 e. The van der Waals surface area contributed by atoms with Crippen molar-refractivity contribution in [2.24, 2.45) is 0 Å². The van der Waals surface area contributed by atoms with Crippen LogP contribution in [0, 0.1) is 0 Å². The number of hydrogen-bond acceptors (Lipinski definition) is 8. The summed E-state index contributed by atoms with van der Waals surface area (Å²) in [4.78, 5) is 30.0. The molecular weight excluding hydrogens is 1000 g/mol. The van der Waals surface area contributed by atoms with Crippen molar-refractivity contribution in [2.75, 3.05) is 0 Å². The van der Waals surface area contributed by atoms with E-state index in [1.165, 1.54) is 33.4 Å². The summed E-state index contributed by atoms with van der Waals surface area (Å²) in [5.41, 5.74) is 25.1. The van der Waals surface area contributed by atoms with Gasteiger partial charge in [-0.2, -0.15) is 0 Å². The van der Waals surface area contributed by atoms with Gasteiger partial charge in [0.1, 0.15) is 22.3 Å². The Morgan fingerprint density at radius 2 is 0.585 bits per heavy atom. The average Bonchev–Trinajstić information content (AvgIpc) is 2.37. The van der Waals surface area contributed by atoms with Crippen LogP contribution < -0.4 is 0 Å². The summed E-state index contributed by atoms with van der Waals surface area (Å²) in [7, 11) is 0. The number of rotatable bonds is 8. The summed E-state index contributed by atoms with van der Waals surface area (Å²) >= 11 is 0. The fourth-order valence-electron chi connectivity index (χ4n) is 12.7. The highest BCUT2D eigenvalue weighted by Gasteiger charge is 2.41. The quantitative estimate of drug-likeness (QED) is 0.148. The molecule has 3 aliphatic rings. The standard InChI is InChI=1S/C74H44N6O2/c1-3-9-45(10-4-1)63-39-65(47-19-15-43(16-20-47)49-25-29-67-57(35-49)61-41-75-33-31-69(61)81-67)79-73(77-63)51-23-27-55-59(37-51)71-53-13-7-8-14-54(53)72(55)60-38-52(24-28-56(60)71)74-78-64(46-11-5-2-6-12-46)40-66(80-74)48-21-17-44(18-22-48)50-26-30-68-58(36-50)62-42-76-34-32-70(62)82-68/h1-42,71-72H. The van der Waals surface area contributed by atoms with Crippen LogP contribution in [-0.4, -0.2) is 29.9 Å². The van der Waals surface area contributed by atoms with Gasteiger partial charge < -0.3 is 8.83 Å². The van der Waals surface area contributed by atoms with Gasteiger partial charge in [-0.05, 0) is 116 Å². The maximum atomic E-state index is 6.10. The molecule has 0 N–H and O–H groups in total. The van der Waals surface area contributed by atoms with E-state index in [9.17, 15) is 0 Å². The Hall–Kier alpha value is -11.0. The highest BCUT2D eigenvalue weighted by molar-refractivity contribution is 6.07. The number of benzene rings is 9. The zero-order valence-electron chi connectivity index (χ0n) is 43.9. The monoisotopic (exact) mass is 1050 g/mol. The van der Waals surface area contributed by atoms with Crippen molar-refractivity contribution in [3.05, 3.63) is 289 Å². The Morgan fingerprint density at radius 3 is 1.01 bits per heavy atom. The lowest BCUT2D eigenvalue weighted by molar-refractivity contribution is 0.668. The molecule has 8 heteroatoms. The Morgan fingerprint density at radius 1 is 0.244 bits per heavy atom. The van der Waals surface area contributed by atoms with Crippen LogP contribution in [-0.2, 0) is 0 Å². The molecule has 2 unspecified atom stereocenters. The third kappa shape index (κ3) is 7.53. The zero-order chi connectivity index (χ0) is 53.8. The minimum Gasteiger partial charge on any atom is -0.456 e. The van der Waals surface area contributed by atoms with E-state index >= 15 is 0 Å². The molecule has 82 heavy (non-hydrogen) atoms. The molecule has 15 aromatic rings. The summed E-state index contributed by atoms with van der Waals surface area (Å²) in [5.74, 6) is 1.38. The topological polar surface area (TPSA) is 104 Å². The summed E-state index contributed by atoms with van der Waals surface area (Å²) in [6.45, 7) is 0. The molecule has 3 aliphatic carbocycles. The van der Waals surface area contributed by atoms with Gasteiger partial charge >= 0.3 is 0 Å². The summed E-state index contributed by atoms with van der Waals surface area (Å²) in [6.07, 6.45) is 7.27. The van der Waals surface area contributed by atoms with Crippen molar-refractivity contribution in [2.45, 2.75) is 11.8 Å². The molecule has 0 aliphatic heterocycles. The summed E-state index contributed by atoms with van der Waals surface area (Å²) < 4.78 is 12.2. The fraction of sp³-hybridized carbons (Fsp3) is 0.0270. The van der Waals surface area contributed by atoms with E-state index in [0.717, 1.165) is 122 Å². The van der Waals surface area contributed by atoms with Crippen LogP contribution >= 0.6 is 0 Å². The van der Waals surface area contributed by atoms with Crippen LogP contribution in [0.5, 0.6) is 0 Å². The van der Waals surface area contributed by atoms with Gasteiger partial charge in [-0.25, -0.2) is 19.9 Å². The van der Waals surface area contributed by atoms with Gasteiger partial charge in [0, 0.05) is 91.5 Å². The smallest absolute Gasteiger partial charge is 0.160 e. The average molecular weight is 1050 g/mol. The molecule has 9 aromatic carbocycles. The maximum Gasteiger partial charge on any atom is 0.160 e. The highest BCUT2D eigenvalue weighted by atomic mass is 16.3. The maximum absolute atomic E-state index is 6.10. The van der Waals surface area contributed by atoms with E-state index in [0.29, 0.717) is 11.6 Å². The lowest BCUT2D eigenvalue weighted by Gasteiger charge is -2.42. The summed E-state index contributed by atoms with van der Waals surface area (Å²) in [5, 5.41) is 4.12. The third-order valence-electron chi connectivity index (χ3n) is 16.7. The normalized spacial score (nSPS) is 14.1. The number of fused-ring (bicyclic) bond motifs is 6. The Balaban J connectivity index is 0.730. The van der Waals surface area contributed by atoms with Crippen molar-refractivity contribution in [1.82, 2.24) is 29.9 Å². The first-order chi connectivity index (χ1) is 40.6. The van der Waals surface area contributed by atoms with E-state index in [2.05, 4.69) is 204 Å². The van der Waals surface area contributed by atoms with E-state index in [4.69, 9.17) is 28.8 Å². The Labute approximate surface area is 470 Å². The molecular formula is C74H44N6O2. The van der Waals surface area contributed by atoms with Crippen molar-refractivity contribution in [3.63, 3.8) is 0 Å². The molecule has 18 rings (SSSR count). The van der Waals surface area contributed by atoms with Crippen LogP contribution in [0.15, 0.2) is 264 Å². The van der Waals surface area contributed by atoms with Gasteiger partial charge in [-0.15, -0.1) is 0 Å². The molecule has 2 atom stereocenters. The number of aromatic nitrogens is 6. The highest BCUT2D eigenvalue weighted by Crippen LogP contribution is 2.57. The first-order valence-corrected chi connectivity index (χ1v) is 27.6. The second-order valence-electron chi connectivity index (χ2n) is 21.4. The van der Waals surface area contributed by atoms with Gasteiger partial charge in [-0.3, -0.25) is 9.97 Å². The van der Waals surface area contributed by atoms with E-state index in [-0.39, 0.29) is 11.8 Å². The molecule has 0 radical (unpaired) electrons. The Kier molecular flexibility index (Phi) is 10.3. The number of pyridine rings is 2. The van der Waals surface area contributed by atoms with Crippen LogP contribution in [0.1, 0.15) is 45.2 Å². The van der Waals surface area contributed by atoms with Crippen molar-refractivity contribution >= 4 is 43.9 Å². The van der Waals surface area contributed by atoms with E-state index in [1.54, 1.807) is 12.4 Å². The predicted octanol–water partition coefficient (Wildman–Crippen LogP) is 18.2. The molecule has 0 spiro atoms. The number of furan rings is 2. The Bertz CT molecular complexity index is 4730. The minimum absolute atomic E-state index is 0.00954. The van der Waals surface area contributed by atoms with Gasteiger partial charge in [0.25, 0.3) is 0 Å². The van der Waals surface area contributed by atoms with Crippen molar-refractivity contribution in [1.29, 1.82) is 0 Å². The lowest BCUT2D eigenvalue weighted by atomic mass is 9.61. The fourth-order valence-corrected chi connectivity index (χ4v) is 12.7. The predicted molar refractivity (Wildman–Crippen MR) is 326 cm³/mol. The van der Waals surface area contributed by atoms with Gasteiger partial charge in [0.2, 0.25) is 0 Å². The van der Waals surface area contributed by atoms with Gasteiger partial charge in [0.05, 0.1) is 22.8 Å². The van der Waals surface area contributed by atoms with Crippen LogP contribution in [0.4, 0.5) is 0 Å². The third-order valence-corrected chi connectivity index (χ3v) is 16.7. The van der Waals surface area contributed by atoms with Gasteiger partial charge in [-0.1, -0.05) is 170 Å². The molecule has 382 valence electrons. The lowest BCUT2D eigenvalue weighted by Crippen LogP contribution is -2.27. The minimum atomic E-state index is 0.00954. The SMILES string of the molecule is c1ccc(-c2cc(-c3ccc(-c4ccc5oc6ccncc6c5c4)cc3)nc(-c3ccc4c(c3)C3c5ccccc5C4c4cc(-c5nc(-c6ccccc6)cc(-c6ccc(-c7ccc8oc9ccncc9c8c7)cc6)n5)ccc43)n2)cc1. The van der Waals surface area contributed by atoms with Crippen LogP contribution in [0.3, 0.4) is 0 Å². The molecule has 0 amide bonds. The second kappa shape index (κ2) is 18.3. The first-order valence-electron chi connectivity index (χ1n) is 27.6. The molecule has 0 saturated heterocycles. The van der Waals surface area contributed by atoms with E-state index < -0.39 is 0 Å². The summed E-state index contributed by atoms with van der Waals surface area (Å²) in [6, 6.07) is 81.6. The molecule has 6 heterocycles.